The summed E-state index contributed by atoms with van der Waals surface area (Å²) in [5.74, 6) is 3.10. The van der Waals surface area contributed by atoms with Crippen molar-refractivity contribution >= 4 is 0 Å². The second-order valence-electron chi connectivity index (χ2n) is 10.6. The average molecular weight is 351 g/mol. The summed E-state index contributed by atoms with van der Waals surface area (Å²) in [5.41, 5.74) is 0.614. The number of hydrogen-bond acceptors (Lipinski definition) is 2. The van der Waals surface area contributed by atoms with E-state index in [1.165, 1.54) is 83.7 Å². The Hall–Kier alpha value is -0.120. The molecule has 5 rings (SSSR count). The van der Waals surface area contributed by atoms with Gasteiger partial charge in [-0.25, -0.2) is 0 Å². The van der Waals surface area contributed by atoms with Gasteiger partial charge in [-0.05, 0) is 93.8 Å². The van der Waals surface area contributed by atoms with Crippen LogP contribution >= 0.6 is 0 Å². The van der Waals surface area contributed by atoms with Gasteiger partial charge in [0.15, 0.2) is 0 Å². The maximum Gasteiger partial charge on any atom is 0.126 e. The molecule has 1 heterocycles. The lowest BCUT2D eigenvalue weighted by Gasteiger charge is -2.57. The van der Waals surface area contributed by atoms with E-state index in [2.05, 4.69) is 7.05 Å². The van der Waals surface area contributed by atoms with E-state index in [9.17, 15) is 5.11 Å². The molecule has 4 saturated carbocycles. The Labute approximate surface area is 154 Å². The van der Waals surface area contributed by atoms with E-state index in [4.69, 9.17) is 4.74 Å². The number of quaternary nitrogens is 1. The molecule has 1 N–H and O–H groups in total. The smallest absolute Gasteiger partial charge is 0.126 e. The molecule has 4 aliphatic carbocycles. The van der Waals surface area contributed by atoms with Gasteiger partial charge >= 0.3 is 0 Å². The number of rotatable bonds is 7. The highest BCUT2D eigenvalue weighted by atomic mass is 16.5. The molecule has 0 spiro atoms. The van der Waals surface area contributed by atoms with Gasteiger partial charge in [0.25, 0.3) is 0 Å². The van der Waals surface area contributed by atoms with Crippen molar-refractivity contribution in [3.63, 3.8) is 0 Å². The Bertz CT molecular complexity index is 406. The van der Waals surface area contributed by atoms with Crippen molar-refractivity contribution in [3.05, 3.63) is 0 Å². The van der Waals surface area contributed by atoms with Crippen molar-refractivity contribution in [2.45, 2.75) is 76.7 Å². The molecule has 3 heteroatoms. The first-order valence-corrected chi connectivity index (χ1v) is 11.1. The number of hydrogen-bond donors (Lipinski definition) is 1. The highest BCUT2D eigenvalue weighted by Crippen LogP contribution is 2.61. The van der Waals surface area contributed by atoms with E-state index < -0.39 is 0 Å². The van der Waals surface area contributed by atoms with Crippen LogP contribution in [0.4, 0.5) is 0 Å². The van der Waals surface area contributed by atoms with Crippen molar-refractivity contribution in [1.29, 1.82) is 0 Å². The van der Waals surface area contributed by atoms with Crippen molar-refractivity contribution in [2.75, 3.05) is 39.9 Å². The van der Waals surface area contributed by atoms with Crippen LogP contribution in [-0.2, 0) is 4.74 Å². The minimum absolute atomic E-state index is 0.292. The zero-order chi connectivity index (χ0) is 17.3. The molecule has 0 aromatic rings. The van der Waals surface area contributed by atoms with E-state index in [0.717, 1.165) is 35.4 Å². The van der Waals surface area contributed by atoms with Gasteiger partial charge in [-0.15, -0.1) is 0 Å². The quantitative estimate of drug-likeness (QED) is 0.556. The summed E-state index contributed by atoms with van der Waals surface area (Å²) < 4.78 is 7.03. The fourth-order valence-corrected chi connectivity index (χ4v) is 7.30. The number of aliphatic hydroxyl groups excluding tert-OH is 1. The fraction of sp³-hybridized carbons (Fsp3) is 1.00. The van der Waals surface area contributed by atoms with E-state index >= 15 is 0 Å². The summed E-state index contributed by atoms with van der Waals surface area (Å²) in [6, 6.07) is 0. The molecule has 3 nitrogen and oxygen atoms in total. The van der Waals surface area contributed by atoms with Crippen LogP contribution in [0.15, 0.2) is 0 Å². The van der Waals surface area contributed by atoms with Crippen LogP contribution in [0.2, 0.25) is 0 Å². The van der Waals surface area contributed by atoms with Crippen LogP contribution in [0.25, 0.3) is 0 Å². The van der Waals surface area contributed by atoms with Gasteiger partial charge in [-0.2, -0.15) is 0 Å². The lowest BCUT2D eigenvalue weighted by molar-refractivity contribution is -0.911. The monoisotopic (exact) mass is 350 g/mol. The van der Waals surface area contributed by atoms with Gasteiger partial charge in [0.1, 0.15) is 12.6 Å². The first kappa shape index (κ1) is 18.3. The van der Waals surface area contributed by atoms with Gasteiger partial charge in [0.05, 0.1) is 26.7 Å². The summed E-state index contributed by atoms with van der Waals surface area (Å²) in [6.07, 6.45) is 15.3. The SMILES string of the molecule is C[N+]1(CC(O)COCCC23CC4CC(CC(C4)C2)C3)CCCCCC1. The van der Waals surface area contributed by atoms with Crippen LogP contribution in [0.5, 0.6) is 0 Å². The number of likely N-dealkylation sites (N-methyl/N-ethyl adjacent to an activating group) is 1. The predicted molar refractivity (Wildman–Crippen MR) is 101 cm³/mol. The Morgan fingerprint density at radius 1 is 0.960 bits per heavy atom. The summed E-state index contributed by atoms with van der Waals surface area (Å²) in [4.78, 5) is 0. The topological polar surface area (TPSA) is 29.5 Å². The second kappa shape index (κ2) is 7.48. The predicted octanol–water partition coefficient (Wildman–Crippen LogP) is 3.99. The Morgan fingerprint density at radius 2 is 1.52 bits per heavy atom. The van der Waals surface area contributed by atoms with E-state index in [-0.39, 0.29) is 6.10 Å². The average Bonchev–Trinajstić information content (AvgIpc) is 2.75. The van der Waals surface area contributed by atoms with Gasteiger partial charge in [-0.3, -0.25) is 0 Å². The van der Waals surface area contributed by atoms with Crippen LogP contribution < -0.4 is 0 Å². The molecule has 25 heavy (non-hydrogen) atoms. The Balaban J connectivity index is 1.18. The molecule has 0 aromatic heterocycles. The highest BCUT2D eigenvalue weighted by Gasteiger charge is 2.50. The standard InChI is InChI=1S/C22H40NO2/c1-23(7-4-2-3-5-8-23)16-21(24)17-25-9-6-22-13-18-10-19(14-22)12-20(11-18)15-22/h18-21,24H,2-17H2,1H3/q+1. The molecule has 0 aromatic carbocycles. The van der Waals surface area contributed by atoms with Gasteiger partial charge in [0.2, 0.25) is 0 Å². The number of nitrogens with zero attached hydrogens (tertiary/aromatic N) is 1. The Morgan fingerprint density at radius 3 is 2.08 bits per heavy atom. The first-order valence-electron chi connectivity index (χ1n) is 11.1. The van der Waals surface area contributed by atoms with Crippen molar-refractivity contribution in [2.24, 2.45) is 23.2 Å². The van der Waals surface area contributed by atoms with E-state index in [0.29, 0.717) is 12.0 Å². The summed E-state index contributed by atoms with van der Waals surface area (Å²) in [6.45, 7) is 4.74. The number of likely N-dealkylation sites (tertiary alicyclic amines) is 1. The molecule has 1 atom stereocenters. The second-order valence-corrected chi connectivity index (χ2v) is 10.6. The van der Waals surface area contributed by atoms with Crippen LogP contribution in [0.1, 0.15) is 70.6 Å². The van der Waals surface area contributed by atoms with Crippen LogP contribution in [0, 0.1) is 23.2 Å². The molecule has 0 amide bonds. The zero-order valence-electron chi connectivity index (χ0n) is 16.4. The molecule has 144 valence electrons. The van der Waals surface area contributed by atoms with Crippen molar-refractivity contribution in [1.82, 2.24) is 0 Å². The first-order chi connectivity index (χ1) is 12.0. The highest BCUT2D eigenvalue weighted by molar-refractivity contribution is 5.01. The minimum Gasteiger partial charge on any atom is -0.385 e. The van der Waals surface area contributed by atoms with Gasteiger partial charge < -0.3 is 14.3 Å². The molecule has 1 aliphatic heterocycles. The van der Waals surface area contributed by atoms with Crippen LogP contribution in [-0.4, -0.2) is 55.6 Å². The molecule has 0 radical (unpaired) electrons. The lowest BCUT2D eigenvalue weighted by Crippen LogP contribution is -2.50. The molecule has 1 unspecified atom stereocenters. The van der Waals surface area contributed by atoms with Gasteiger partial charge in [0, 0.05) is 6.61 Å². The van der Waals surface area contributed by atoms with Crippen molar-refractivity contribution in [3.8, 4) is 0 Å². The third kappa shape index (κ3) is 4.42. The Kier molecular flexibility index (Phi) is 5.46. The molecule has 4 bridgehead atoms. The zero-order valence-corrected chi connectivity index (χ0v) is 16.4. The third-order valence-corrected chi connectivity index (χ3v) is 8.05. The van der Waals surface area contributed by atoms with Gasteiger partial charge in [-0.1, -0.05) is 0 Å². The third-order valence-electron chi connectivity index (χ3n) is 8.05. The maximum absolute atomic E-state index is 10.5. The summed E-state index contributed by atoms with van der Waals surface area (Å²) >= 11 is 0. The fourth-order valence-electron chi connectivity index (χ4n) is 7.30. The molecular formula is C22H40NO2+. The van der Waals surface area contributed by atoms with E-state index in [1.54, 1.807) is 0 Å². The number of ether oxygens (including phenoxy) is 1. The lowest BCUT2D eigenvalue weighted by atomic mass is 9.49. The number of aliphatic hydroxyl groups is 1. The largest absolute Gasteiger partial charge is 0.385 e. The molecule has 5 fully saturated rings. The molecule has 5 aliphatic rings. The molecule has 1 saturated heterocycles. The van der Waals surface area contributed by atoms with Crippen molar-refractivity contribution < 1.29 is 14.3 Å². The summed E-state index contributed by atoms with van der Waals surface area (Å²) in [5, 5.41) is 10.5. The van der Waals surface area contributed by atoms with E-state index in [1.807, 2.05) is 0 Å². The van der Waals surface area contributed by atoms with Crippen LogP contribution in [0.3, 0.4) is 0 Å². The minimum atomic E-state index is -0.292. The summed E-state index contributed by atoms with van der Waals surface area (Å²) in [7, 11) is 2.32. The normalized spacial score (nSPS) is 40.8. The maximum atomic E-state index is 10.5. The molecular weight excluding hydrogens is 310 g/mol.